The molecule has 0 aliphatic carbocycles. The van der Waals surface area contributed by atoms with Crippen molar-refractivity contribution in [3.8, 4) is 17.3 Å². The largest absolute Gasteiger partial charge is 0.335 e. The van der Waals surface area contributed by atoms with Crippen LogP contribution >= 0.6 is 0 Å². The third-order valence-electron chi connectivity index (χ3n) is 3.14. The molecule has 1 N–H and O–H groups in total. The average molecular weight is 321 g/mol. The topological polar surface area (TPSA) is 74.9 Å². The summed E-state index contributed by atoms with van der Waals surface area (Å²) in [4.78, 5) is -0.389. The molecule has 116 valence electrons. The van der Waals surface area contributed by atoms with Gasteiger partial charge in [0.25, 0.3) is 0 Å². The Morgan fingerprint density at radius 2 is 1.95 bits per heavy atom. The molecule has 0 fully saturated rings. The second kappa shape index (κ2) is 5.91. The average Bonchev–Trinajstić information content (AvgIpc) is 2.77. The van der Waals surface area contributed by atoms with Gasteiger partial charge >= 0.3 is 0 Å². The summed E-state index contributed by atoms with van der Waals surface area (Å²) in [6, 6.07) is 8.92. The highest BCUT2D eigenvalue weighted by Crippen LogP contribution is 2.25. The maximum absolute atomic E-state index is 14.2. The first-order valence-electron chi connectivity index (χ1n) is 6.64. The van der Waals surface area contributed by atoms with Crippen LogP contribution in [0.25, 0.3) is 11.3 Å². The van der Waals surface area contributed by atoms with Crippen molar-refractivity contribution in [2.24, 2.45) is 7.05 Å². The van der Waals surface area contributed by atoms with Crippen LogP contribution in [0.15, 0.2) is 35.2 Å². The Morgan fingerprint density at radius 3 is 2.45 bits per heavy atom. The van der Waals surface area contributed by atoms with Crippen molar-refractivity contribution in [2.75, 3.05) is 0 Å². The lowest BCUT2D eigenvalue weighted by atomic mass is 10.1. The number of nitrogens with one attached hydrogen (secondary N) is 1. The maximum atomic E-state index is 14.2. The van der Waals surface area contributed by atoms with Crippen LogP contribution in [0, 0.1) is 17.1 Å². The van der Waals surface area contributed by atoms with Crippen molar-refractivity contribution in [1.82, 2.24) is 9.29 Å². The van der Waals surface area contributed by atoms with Gasteiger partial charge in [0, 0.05) is 24.3 Å². The summed E-state index contributed by atoms with van der Waals surface area (Å²) in [7, 11) is -2.19. The number of aromatic nitrogens is 1. The van der Waals surface area contributed by atoms with E-state index in [1.807, 2.05) is 6.07 Å². The fourth-order valence-corrected chi connectivity index (χ4v) is 3.48. The van der Waals surface area contributed by atoms with Crippen molar-refractivity contribution in [1.29, 1.82) is 5.26 Å². The van der Waals surface area contributed by atoms with Gasteiger partial charge in [-0.3, -0.25) is 0 Å². The lowest BCUT2D eigenvalue weighted by Crippen LogP contribution is -2.30. The van der Waals surface area contributed by atoms with Crippen molar-refractivity contribution >= 4 is 10.0 Å². The van der Waals surface area contributed by atoms with Crippen LogP contribution in [0.2, 0.25) is 0 Å². The molecule has 0 radical (unpaired) electrons. The molecule has 1 heterocycles. The van der Waals surface area contributed by atoms with Gasteiger partial charge in [0.15, 0.2) is 0 Å². The Kier molecular flexibility index (Phi) is 4.35. The number of sulfonamides is 1. The van der Waals surface area contributed by atoms with Crippen LogP contribution in [0.1, 0.15) is 19.5 Å². The molecule has 0 amide bonds. The molecule has 0 aliphatic heterocycles. The fraction of sp³-hybridized carbons (Fsp3) is 0.267. The minimum absolute atomic E-state index is 0.324. The van der Waals surface area contributed by atoms with Crippen molar-refractivity contribution < 1.29 is 12.8 Å². The third kappa shape index (κ3) is 3.03. The molecule has 7 heteroatoms. The summed E-state index contributed by atoms with van der Waals surface area (Å²) < 4.78 is 42.2. The van der Waals surface area contributed by atoms with Crippen LogP contribution in [-0.4, -0.2) is 19.0 Å². The Hall–Kier alpha value is -2.17. The molecule has 0 unspecified atom stereocenters. The lowest BCUT2D eigenvalue weighted by molar-refractivity contribution is 0.549. The molecule has 0 atom stereocenters. The number of nitrogens with zero attached hydrogens (tertiary/aromatic N) is 2. The van der Waals surface area contributed by atoms with Gasteiger partial charge < -0.3 is 4.57 Å². The second-order valence-corrected chi connectivity index (χ2v) is 6.88. The van der Waals surface area contributed by atoms with Crippen LogP contribution < -0.4 is 4.72 Å². The van der Waals surface area contributed by atoms with E-state index in [2.05, 4.69) is 4.72 Å². The summed E-state index contributed by atoms with van der Waals surface area (Å²) in [5, 5.41) is 8.94. The van der Waals surface area contributed by atoms with Crippen molar-refractivity contribution in [3.63, 3.8) is 0 Å². The Morgan fingerprint density at radius 1 is 1.27 bits per heavy atom. The summed E-state index contributed by atoms with van der Waals surface area (Å²) in [6.07, 6.45) is 0. The Bertz CT molecular complexity index is 848. The summed E-state index contributed by atoms with van der Waals surface area (Å²) in [6.45, 7) is 3.33. The highest BCUT2D eigenvalue weighted by molar-refractivity contribution is 7.89. The van der Waals surface area contributed by atoms with Gasteiger partial charge in [-0.15, -0.1) is 0 Å². The molecule has 5 nitrogen and oxygen atoms in total. The molecule has 0 bridgehead atoms. The number of nitriles is 1. The first kappa shape index (κ1) is 16.2. The van der Waals surface area contributed by atoms with E-state index in [9.17, 15) is 12.8 Å². The predicted octanol–water partition coefficient (Wildman–Crippen LogP) is 2.39. The number of hydrogen-bond acceptors (Lipinski definition) is 3. The van der Waals surface area contributed by atoms with E-state index >= 15 is 0 Å². The van der Waals surface area contributed by atoms with Crippen LogP contribution in [0.3, 0.4) is 0 Å². The standard InChI is InChI=1S/C15H16FN3O2S/c1-10(2)18-22(20,21)15-7-4-11(8-13(15)16)14-6-5-12(9-17)19(14)3/h4-8,10,18H,1-3H3. The van der Waals surface area contributed by atoms with E-state index in [1.54, 1.807) is 37.6 Å². The lowest BCUT2D eigenvalue weighted by Gasteiger charge is -2.11. The number of hydrogen-bond donors (Lipinski definition) is 1. The van der Waals surface area contributed by atoms with Crippen molar-refractivity contribution in [3.05, 3.63) is 41.8 Å². The normalized spacial score (nSPS) is 11.6. The highest BCUT2D eigenvalue weighted by Gasteiger charge is 2.21. The second-order valence-electron chi connectivity index (χ2n) is 5.20. The fourth-order valence-electron chi connectivity index (χ4n) is 2.17. The van der Waals surface area contributed by atoms with E-state index < -0.39 is 15.8 Å². The third-order valence-corrected chi connectivity index (χ3v) is 4.84. The van der Waals surface area contributed by atoms with E-state index in [-0.39, 0.29) is 10.9 Å². The highest BCUT2D eigenvalue weighted by atomic mass is 32.2. The van der Waals surface area contributed by atoms with E-state index in [1.165, 1.54) is 12.1 Å². The molecule has 0 saturated carbocycles. The first-order chi connectivity index (χ1) is 10.3. The number of rotatable bonds is 4. The van der Waals surface area contributed by atoms with Crippen molar-refractivity contribution in [2.45, 2.75) is 24.8 Å². The van der Waals surface area contributed by atoms with Gasteiger partial charge in [-0.2, -0.15) is 5.26 Å². The molecule has 2 rings (SSSR count). The zero-order valence-electron chi connectivity index (χ0n) is 12.5. The number of halogens is 1. The Balaban J connectivity index is 2.47. The smallest absolute Gasteiger partial charge is 0.243 e. The molecule has 0 spiro atoms. The summed E-state index contributed by atoms with van der Waals surface area (Å²) in [5.74, 6) is -0.828. The summed E-state index contributed by atoms with van der Waals surface area (Å²) >= 11 is 0. The van der Waals surface area contributed by atoms with Crippen LogP contribution in [0.5, 0.6) is 0 Å². The number of benzene rings is 1. The van der Waals surface area contributed by atoms with Gasteiger partial charge in [0.1, 0.15) is 22.5 Å². The molecule has 1 aromatic heterocycles. The van der Waals surface area contributed by atoms with Crippen LogP contribution in [-0.2, 0) is 17.1 Å². The van der Waals surface area contributed by atoms with Gasteiger partial charge in [-0.1, -0.05) is 6.07 Å². The molecule has 2 aromatic rings. The minimum Gasteiger partial charge on any atom is -0.335 e. The maximum Gasteiger partial charge on any atom is 0.243 e. The van der Waals surface area contributed by atoms with E-state index in [0.717, 1.165) is 6.07 Å². The van der Waals surface area contributed by atoms with Gasteiger partial charge in [-0.05, 0) is 38.1 Å². The van der Waals surface area contributed by atoms with Gasteiger partial charge in [0.05, 0.1) is 0 Å². The summed E-state index contributed by atoms with van der Waals surface area (Å²) in [5.41, 5.74) is 1.58. The monoisotopic (exact) mass is 321 g/mol. The molecule has 0 saturated heterocycles. The minimum atomic E-state index is -3.88. The molecular weight excluding hydrogens is 305 g/mol. The Labute approximate surface area is 129 Å². The molecule has 0 aliphatic rings. The SMILES string of the molecule is CC(C)NS(=O)(=O)c1ccc(-c2ccc(C#N)n2C)cc1F. The predicted molar refractivity (Wildman–Crippen MR) is 81.0 cm³/mol. The first-order valence-corrected chi connectivity index (χ1v) is 8.12. The quantitative estimate of drug-likeness (QED) is 0.939. The van der Waals surface area contributed by atoms with Crippen LogP contribution in [0.4, 0.5) is 4.39 Å². The zero-order valence-corrected chi connectivity index (χ0v) is 13.3. The van der Waals surface area contributed by atoms with E-state index in [0.29, 0.717) is 17.0 Å². The van der Waals surface area contributed by atoms with E-state index in [4.69, 9.17) is 5.26 Å². The molecule has 22 heavy (non-hydrogen) atoms. The molecule has 1 aromatic carbocycles. The van der Waals surface area contributed by atoms with Gasteiger partial charge in [-0.25, -0.2) is 17.5 Å². The molecular formula is C15H16FN3O2S. The van der Waals surface area contributed by atoms with Gasteiger partial charge in [0.2, 0.25) is 10.0 Å². The zero-order chi connectivity index (χ0) is 16.5.